The van der Waals surface area contributed by atoms with E-state index in [4.69, 9.17) is 10.00 Å². The van der Waals surface area contributed by atoms with Gasteiger partial charge in [0.25, 0.3) is 0 Å². The molecule has 3 aromatic rings. The van der Waals surface area contributed by atoms with Gasteiger partial charge in [-0.15, -0.1) is 0 Å². The summed E-state index contributed by atoms with van der Waals surface area (Å²) in [5.74, 6) is 12.3. The second-order valence-electron chi connectivity index (χ2n) is 6.38. The van der Waals surface area contributed by atoms with E-state index in [0.29, 0.717) is 33.6 Å². The van der Waals surface area contributed by atoms with Crippen molar-refractivity contribution in [3.05, 3.63) is 99.1 Å². The van der Waals surface area contributed by atoms with E-state index in [1.807, 2.05) is 12.1 Å². The molecule has 3 rings (SSSR count). The van der Waals surface area contributed by atoms with Crippen LogP contribution in [-0.4, -0.2) is 7.11 Å². The lowest BCUT2D eigenvalue weighted by molar-refractivity contribution is 0.415. The number of ether oxygens (including phenoxy) is 1. The zero-order valence-corrected chi connectivity index (χ0v) is 16.9. The molecule has 0 aliphatic heterocycles. The summed E-state index contributed by atoms with van der Waals surface area (Å²) in [5.41, 5.74) is 3.08. The fourth-order valence-corrected chi connectivity index (χ4v) is 2.75. The van der Waals surface area contributed by atoms with Gasteiger partial charge in [-0.2, -0.15) is 21.0 Å². The van der Waals surface area contributed by atoms with Crippen LogP contribution < -0.4 is 4.74 Å². The number of methoxy groups -OCH3 is 1. The van der Waals surface area contributed by atoms with Crippen molar-refractivity contribution < 1.29 is 4.74 Å². The Kier molecular flexibility index (Phi) is 6.53. The minimum Gasteiger partial charge on any atom is -0.497 e. The van der Waals surface area contributed by atoms with E-state index in [0.717, 1.165) is 5.56 Å². The van der Waals surface area contributed by atoms with E-state index in [1.165, 1.54) is 30.3 Å². The third-order valence-corrected chi connectivity index (χ3v) is 4.43. The third kappa shape index (κ3) is 4.74. The molecule has 32 heavy (non-hydrogen) atoms. The zero-order chi connectivity index (χ0) is 22.9. The van der Waals surface area contributed by atoms with Crippen molar-refractivity contribution >= 4 is 0 Å². The summed E-state index contributed by atoms with van der Waals surface area (Å²) in [5, 5.41) is 37.5. The van der Waals surface area contributed by atoms with Crippen molar-refractivity contribution in [2.24, 2.45) is 0 Å². The third-order valence-electron chi connectivity index (χ3n) is 4.43. The second kappa shape index (κ2) is 9.84. The highest BCUT2D eigenvalue weighted by Crippen LogP contribution is 2.17. The van der Waals surface area contributed by atoms with Crippen LogP contribution in [0.15, 0.2) is 54.6 Å². The van der Waals surface area contributed by atoms with Gasteiger partial charge in [0.2, 0.25) is 0 Å². The van der Waals surface area contributed by atoms with Crippen molar-refractivity contribution in [2.75, 3.05) is 7.11 Å². The molecular weight excluding hydrogens is 396 g/mol. The lowest BCUT2D eigenvalue weighted by Crippen LogP contribution is -1.92. The van der Waals surface area contributed by atoms with E-state index in [1.54, 1.807) is 31.4 Å². The largest absolute Gasteiger partial charge is 0.497 e. The summed E-state index contributed by atoms with van der Waals surface area (Å²) in [6.07, 6.45) is 0. The minimum absolute atomic E-state index is 0.255. The highest BCUT2D eigenvalue weighted by molar-refractivity contribution is 5.62. The topological polar surface area (TPSA) is 104 Å². The van der Waals surface area contributed by atoms with Gasteiger partial charge in [0, 0.05) is 22.3 Å². The Hall–Kier alpha value is -5.46. The van der Waals surface area contributed by atoms with Crippen LogP contribution in [0, 0.1) is 69.0 Å². The van der Waals surface area contributed by atoms with Crippen LogP contribution >= 0.6 is 0 Å². The molecule has 5 nitrogen and oxygen atoms in total. The van der Waals surface area contributed by atoms with Gasteiger partial charge in [0.1, 0.15) is 24.0 Å². The van der Waals surface area contributed by atoms with Crippen LogP contribution in [0.2, 0.25) is 0 Å². The van der Waals surface area contributed by atoms with Crippen molar-refractivity contribution in [3.63, 3.8) is 0 Å². The predicted molar refractivity (Wildman–Crippen MR) is 117 cm³/mol. The normalized spacial score (nSPS) is 8.78. The van der Waals surface area contributed by atoms with Crippen molar-refractivity contribution in [1.82, 2.24) is 0 Å². The molecule has 146 valence electrons. The molecule has 0 aromatic heterocycles. The molecule has 0 saturated heterocycles. The Labute approximate surface area is 186 Å². The number of benzene rings is 3. The quantitative estimate of drug-likeness (QED) is 0.567. The second-order valence-corrected chi connectivity index (χ2v) is 6.38. The Bertz CT molecular complexity index is 1500. The summed E-state index contributed by atoms with van der Waals surface area (Å²) in [6.45, 7) is 0. The average Bonchev–Trinajstić information content (AvgIpc) is 2.85. The van der Waals surface area contributed by atoms with Crippen LogP contribution in [-0.2, 0) is 0 Å². The van der Waals surface area contributed by atoms with Gasteiger partial charge in [-0.3, -0.25) is 0 Å². The molecular formula is C27H12N4O. The molecule has 0 bridgehead atoms. The first kappa shape index (κ1) is 21.3. The monoisotopic (exact) mass is 408 g/mol. The van der Waals surface area contributed by atoms with Crippen LogP contribution in [0.4, 0.5) is 0 Å². The molecule has 0 aliphatic rings. The number of nitrogens with zero attached hydrogens (tertiary/aromatic N) is 4. The Balaban J connectivity index is 2.04. The van der Waals surface area contributed by atoms with Gasteiger partial charge in [-0.25, -0.2) is 0 Å². The maximum absolute atomic E-state index is 9.57. The van der Waals surface area contributed by atoms with Gasteiger partial charge >= 0.3 is 0 Å². The van der Waals surface area contributed by atoms with Crippen molar-refractivity contribution in [3.8, 4) is 53.7 Å². The van der Waals surface area contributed by atoms with E-state index in [9.17, 15) is 15.8 Å². The fourth-order valence-electron chi connectivity index (χ4n) is 2.75. The summed E-state index contributed by atoms with van der Waals surface area (Å²) in [4.78, 5) is 0. The molecule has 0 atom stereocenters. The molecule has 0 aliphatic carbocycles. The zero-order valence-electron chi connectivity index (χ0n) is 16.9. The molecule has 0 heterocycles. The first-order valence-electron chi connectivity index (χ1n) is 9.22. The van der Waals surface area contributed by atoms with E-state index in [-0.39, 0.29) is 11.1 Å². The molecule has 0 fully saturated rings. The van der Waals surface area contributed by atoms with Gasteiger partial charge in [-0.1, -0.05) is 23.7 Å². The lowest BCUT2D eigenvalue weighted by atomic mass is 9.98. The summed E-state index contributed by atoms with van der Waals surface area (Å²) >= 11 is 0. The molecule has 0 unspecified atom stereocenters. The summed E-state index contributed by atoms with van der Waals surface area (Å²) in [7, 11) is 1.58. The van der Waals surface area contributed by atoms with Crippen LogP contribution in [0.1, 0.15) is 44.5 Å². The highest BCUT2D eigenvalue weighted by Gasteiger charge is 2.08. The van der Waals surface area contributed by atoms with Gasteiger partial charge in [-0.05, 0) is 54.6 Å². The summed E-state index contributed by atoms with van der Waals surface area (Å²) < 4.78 is 5.12. The fraction of sp³-hybridized carbons (Fsp3) is 0.0370. The molecule has 5 heteroatoms. The standard InChI is InChI=1S/C27H12N4O/c1-32-27-10-4-19(5-11-27)2-6-22-13-26(18-31)23(14-25(22)17-30)9-8-21-12-20(15-28)3-7-24(21)16-29/h3-5,7,10-14H,1H3. The molecule has 0 N–H and O–H groups in total. The highest BCUT2D eigenvalue weighted by atomic mass is 16.5. The van der Waals surface area contributed by atoms with Crippen LogP contribution in [0.3, 0.4) is 0 Å². The molecule has 0 saturated carbocycles. The maximum atomic E-state index is 9.57. The molecule has 3 aromatic carbocycles. The maximum Gasteiger partial charge on any atom is 0.118 e. The van der Waals surface area contributed by atoms with E-state index in [2.05, 4.69) is 35.8 Å². The number of nitriles is 4. The lowest BCUT2D eigenvalue weighted by Gasteiger charge is -2.01. The Morgan fingerprint density at radius 3 is 1.50 bits per heavy atom. The SMILES string of the molecule is COc1ccc(C#Cc2cc(C#N)c(C#Cc3cc(C#N)ccc3C#N)cc2C#N)cc1. The average molecular weight is 408 g/mol. The first-order valence-corrected chi connectivity index (χ1v) is 9.22. The number of hydrogen-bond acceptors (Lipinski definition) is 5. The van der Waals surface area contributed by atoms with E-state index >= 15 is 0 Å². The summed E-state index contributed by atoms with van der Waals surface area (Å²) in [6, 6.07) is 22.9. The van der Waals surface area contributed by atoms with Crippen molar-refractivity contribution in [1.29, 1.82) is 21.0 Å². The minimum atomic E-state index is 0.255. The van der Waals surface area contributed by atoms with Gasteiger partial charge in [0.15, 0.2) is 0 Å². The smallest absolute Gasteiger partial charge is 0.118 e. The molecule has 0 spiro atoms. The predicted octanol–water partition coefficient (Wildman–Crippen LogP) is 3.98. The van der Waals surface area contributed by atoms with Crippen LogP contribution in [0.5, 0.6) is 5.75 Å². The van der Waals surface area contributed by atoms with E-state index < -0.39 is 0 Å². The Morgan fingerprint density at radius 1 is 0.500 bits per heavy atom. The van der Waals surface area contributed by atoms with Crippen molar-refractivity contribution in [2.45, 2.75) is 0 Å². The molecule has 0 amide bonds. The molecule has 0 radical (unpaired) electrons. The first-order chi connectivity index (χ1) is 15.6. The number of rotatable bonds is 1. The Morgan fingerprint density at radius 2 is 1.00 bits per heavy atom. The van der Waals surface area contributed by atoms with Gasteiger partial charge in [0.05, 0.1) is 35.4 Å². The van der Waals surface area contributed by atoms with Gasteiger partial charge < -0.3 is 4.74 Å². The van der Waals surface area contributed by atoms with Crippen LogP contribution in [0.25, 0.3) is 0 Å². The number of hydrogen-bond donors (Lipinski definition) is 0.